The summed E-state index contributed by atoms with van der Waals surface area (Å²) in [4.78, 5) is 0. The van der Waals surface area contributed by atoms with E-state index >= 15 is 0 Å². The van der Waals surface area contributed by atoms with Crippen LogP contribution in [0.1, 0.15) is 18.1 Å². The molecule has 0 aliphatic carbocycles. The summed E-state index contributed by atoms with van der Waals surface area (Å²) in [6.45, 7) is 2.05. The molecule has 3 heteroatoms. The minimum atomic E-state index is -0.378. The van der Waals surface area contributed by atoms with Crippen LogP contribution in [0.2, 0.25) is 5.02 Å². The summed E-state index contributed by atoms with van der Waals surface area (Å²) in [5, 5.41) is 0.740. The molecule has 18 heavy (non-hydrogen) atoms. The van der Waals surface area contributed by atoms with E-state index < -0.39 is 0 Å². The zero-order valence-corrected chi connectivity index (χ0v) is 13.1. The van der Waals surface area contributed by atoms with Gasteiger partial charge in [-0.05, 0) is 71.3 Å². The molecule has 2 aromatic rings. The third-order valence-corrected chi connectivity index (χ3v) is 3.96. The fourth-order valence-corrected chi connectivity index (χ4v) is 2.44. The first kappa shape index (κ1) is 13.8. The third-order valence-electron chi connectivity index (χ3n) is 2.99. The van der Waals surface area contributed by atoms with E-state index in [1.807, 2.05) is 31.2 Å². The summed E-state index contributed by atoms with van der Waals surface area (Å²) >= 11 is 8.20. The smallest absolute Gasteiger partial charge is 0.0421 e. The highest BCUT2D eigenvalue weighted by Gasteiger charge is 2.21. The number of nitrogens with two attached hydrogens (primary N) is 1. The van der Waals surface area contributed by atoms with E-state index in [1.165, 1.54) is 9.13 Å². The van der Waals surface area contributed by atoms with Crippen molar-refractivity contribution in [3.63, 3.8) is 0 Å². The van der Waals surface area contributed by atoms with Crippen LogP contribution in [0, 0.1) is 3.57 Å². The van der Waals surface area contributed by atoms with Gasteiger partial charge in [0.1, 0.15) is 0 Å². The van der Waals surface area contributed by atoms with Crippen molar-refractivity contribution in [2.45, 2.75) is 18.9 Å². The van der Waals surface area contributed by atoms with Crippen molar-refractivity contribution in [3.8, 4) is 0 Å². The minimum Gasteiger partial charge on any atom is -0.321 e. The fraction of sp³-hybridized carbons (Fsp3) is 0.200. The number of benzene rings is 2. The van der Waals surface area contributed by atoms with Crippen LogP contribution in [-0.2, 0) is 12.0 Å². The van der Waals surface area contributed by atoms with Crippen molar-refractivity contribution in [1.29, 1.82) is 0 Å². The first-order valence-electron chi connectivity index (χ1n) is 5.77. The molecule has 0 aliphatic heterocycles. The van der Waals surface area contributed by atoms with Gasteiger partial charge in [-0.3, -0.25) is 0 Å². The summed E-state index contributed by atoms with van der Waals surface area (Å²) in [5.74, 6) is 0. The second-order valence-electron chi connectivity index (χ2n) is 4.73. The van der Waals surface area contributed by atoms with Gasteiger partial charge in [-0.25, -0.2) is 0 Å². The maximum atomic E-state index is 6.41. The van der Waals surface area contributed by atoms with Crippen molar-refractivity contribution in [3.05, 3.63) is 68.3 Å². The van der Waals surface area contributed by atoms with Gasteiger partial charge in [0, 0.05) is 14.1 Å². The average Bonchev–Trinajstić information content (AvgIpc) is 2.32. The van der Waals surface area contributed by atoms with Crippen molar-refractivity contribution < 1.29 is 0 Å². The molecule has 0 spiro atoms. The maximum Gasteiger partial charge on any atom is 0.0421 e. The van der Waals surface area contributed by atoms with Gasteiger partial charge >= 0.3 is 0 Å². The first-order valence-corrected chi connectivity index (χ1v) is 7.22. The molecule has 1 nitrogen and oxygen atoms in total. The molecule has 2 N–H and O–H groups in total. The van der Waals surface area contributed by atoms with Crippen LogP contribution in [0.25, 0.3) is 0 Å². The van der Waals surface area contributed by atoms with Gasteiger partial charge in [0.15, 0.2) is 0 Å². The van der Waals surface area contributed by atoms with E-state index in [0.29, 0.717) is 0 Å². The lowest BCUT2D eigenvalue weighted by Gasteiger charge is -2.25. The topological polar surface area (TPSA) is 26.0 Å². The molecule has 0 bridgehead atoms. The Morgan fingerprint density at radius 2 is 1.61 bits per heavy atom. The minimum absolute atomic E-state index is 0.378. The quantitative estimate of drug-likeness (QED) is 0.797. The lowest BCUT2D eigenvalue weighted by molar-refractivity contribution is 0.491. The predicted octanol–water partition coefficient (Wildman–Crippen LogP) is 4.36. The Labute approximate surface area is 126 Å². The first-order chi connectivity index (χ1) is 8.47. The lowest BCUT2D eigenvalue weighted by Crippen LogP contribution is -2.35. The van der Waals surface area contributed by atoms with Gasteiger partial charge in [0.2, 0.25) is 0 Å². The van der Waals surface area contributed by atoms with Gasteiger partial charge in [-0.15, -0.1) is 0 Å². The van der Waals surface area contributed by atoms with E-state index in [4.69, 9.17) is 17.3 Å². The SMILES string of the molecule is CC(N)(Cc1ccc(I)cc1)c1ccc(Cl)cc1. The average molecular weight is 372 g/mol. The predicted molar refractivity (Wildman–Crippen MR) is 85.9 cm³/mol. The van der Waals surface area contributed by atoms with Crippen LogP contribution >= 0.6 is 34.2 Å². The molecule has 0 saturated carbocycles. The van der Waals surface area contributed by atoms with Gasteiger partial charge in [0.05, 0.1) is 0 Å². The molecule has 0 aliphatic rings. The highest BCUT2D eigenvalue weighted by Crippen LogP contribution is 2.24. The van der Waals surface area contributed by atoms with Gasteiger partial charge in [-0.2, -0.15) is 0 Å². The van der Waals surface area contributed by atoms with Gasteiger partial charge in [0.25, 0.3) is 0 Å². The number of hydrogen-bond donors (Lipinski definition) is 1. The molecule has 0 fully saturated rings. The molecular weight excluding hydrogens is 357 g/mol. The Balaban J connectivity index is 2.20. The number of halogens is 2. The van der Waals surface area contributed by atoms with Crippen LogP contribution in [-0.4, -0.2) is 0 Å². The highest BCUT2D eigenvalue weighted by atomic mass is 127. The second-order valence-corrected chi connectivity index (χ2v) is 6.41. The summed E-state index contributed by atoms with van der Waals surface area (Å²) < 4.78 is 1.24. The third kappa shape index (κ3) is 3.46. The molecule has 0 heterocycles. The maximum absolute atomic E-state index is 6.41. The molecule has 1 atom stereocenters. The van der Waals surface area contributed by atoms with Crippen LogP contribution in [0.3, 0.4) is 0 Å². The van der Waals surface area contributed by atoms with Crippen LogP contribution in [0.4, 0.5) is 0 Å². The van der Waals surface area contributed by atoms with Crippen LogP contribution < -0.4 is 5.73 Å². The Morgan fingerprint density at radius 1 is 1.06 bits per heavy atom. The number of hydrogen-bond acceptors (Lipinski definition) is 1. The normalized spacial score (nSPS) is 14.2. The molecule has 0 aromatic heterocycles. The Hall–Kier alpha value is -0.580. The van der Waals surface area contributed by atoms with E-state index in [-0.39, 0.29) is 5.54 Å². The molecule has 2 aromatic carbocycles. The Bertz CT molecular complexity index is 517. The lowest BCUT2D eigenvalue weighted by atomic mass is 9.87. The molecule has 0 amide bonds. The number of rotatable bonds is 3. The summed E-state index contributed by atoms with van der Waals surface area (Å²) in [5.41, 5.74) is 8.38. The van der Waals surface area contributed by atoms with Crippen molar-refractivity contribution in [1.82, 2.24) is 0 Å². The van der Waals surface area contributed by atoms with Gasteiger partial charge < -0.3 is 5.73 Å². The van der Waals surface area contributed by atoms with E-state index in [0.717, 1.165) is 17.0 Å². The largest absolute Gasteiger partial charge is 0.321 e. The monoisotopic (exact) mass is 371 g/mol. The van der Waals surface area contributed by atoms with E-state index in [1.54, 1.807) is 0 Å². The second kappa shape index (κ2) is 5.59. The molecule has 0 radical (unpaired) electrons. The summed E-state index contributed by atoms with van der Waals surface area (Å²) in [6.07, 6.45) is 0.811. The standard InChI is InChI=1S/C15H15ClIN/c1-15(18,12-4-6-13(16)7-5-12)10-11-2-8-14(17)9-3-11/h2-9H,10,18H2,1H3. The van der Waals surface area contributed by atoms with Crippen LogP contribution in [0.15, 0.2) is 48.5 Å². The fourth-order valence-electron chi connectivity index (χ4n) is 1.96. The van der Waals surface area contributed by atoms with E-state index in [9.17, 15) is 0 Å². The molecular formula is C15H15ClIN. The van der Waals surface area contributed by atoms with Gasteiger partial charge in [-0.1, -0.05) is 35.9 Å². The Kier molecular flexibility index (Phi) is 4.30. The summed E-state index contributed by atoms with van der Waals surface area (Å²) in [6, 6.07) is 16.2. The highest BCUT2D eigenvalue weighted by molar-refractivity contribution is 14.1. The zero-order valence-electron chi connectivity index (χ0n) is 10.2. The Morgan fingerprint density at radius 3 is 2.17 bits per heavy atom. The van der Waals surface area contributed by atoms with Crippen LogP contribution in [0.5, 0.6) is 0 Å². The molecule has 1 unspecified atom stereocenters. The molecule has 94 valence electrons. The van der Waals surface area contributed by atoms with Crippen molar-refractivity contribution >= 4 is 34.2 Å². The van der Waals surface area contributed by atoms with E-state index in [2.05, 4.69) is 46.9 Å². The zero-order chi connectivity index (χ0) is 13.2. The summed E-state index contributed by atoms with van der Waals surface area (Å²) in [7, 11) is 0. The van der Waals surface area contributed by atoms with Crippen molar-refractivity contribution in [2.24, 2.45) is 5.73 Å². The molecule has 0 saturated heterocycles. The van der Waals surface area contributed by atoms with Crippen molar-refractivity contribution in [2.75, 3.05) is 0 Å². The molecule has 2 rings (SSSR count).